The van der Waals surface area contributed by atoms with Crippen molar-refractivity contribution in [2.45, 2.75) is 17.9 Å². The van der Waals surface area contributed by atoms with E-state index >= 15 is 0 Å². The monoisotopic (exact) mass is 311 g/mol. The summed E-state index contributed by atoms with van der Waals surface area (Å²) in [5.74, 6) is -2.28. The second-order valence-electron chi connectivity index (χ2n) is 4.87. The number of halogens is 2. The molecule has 2 N–H and O–H groups in total. The lowest BCUT2D eigenvalue weighted by Crippen LogP contribution is -2.22. The average molecular weight is 311 g/mol. The fourth-order valence-electron chi connectivity index (χ4n) is 1.95. The standard InChI is InChI=1S/C15H15F2NO2S/c1-10-2-4-11(5-3-10)14(18)9-21(19,20)15-8-12(16)6-7-13(15)17/h2-8,14H,9,18H2,1H3. The highest BCUT2D eigenvalue weighted by Gasteiger charge is 2.23. The third-order valence-electron chi connectivity index (χ3n) is 3.13. The van der Waals surface area contributed by atoms with Crippen LogP contribution < -0.4 is 5.73 Å². The minimum atomic E-state index is -4.01. The molecule has 0 bridgehead atoms. The van der Waals surface area contributed by atoms with Crippen molar-refractivity contribution in [3.8, 4) is 0 Å². The fourth-order valence-corrected chi connectivity index (χ4v) is 3.45. The molecule has 3 nitrogen and oxygen atoms in total. The molecule has 1 atom stereocenters. The first-order valence-corrected chi connectivity index (χ1v) is 7.95. The van der Waals surface area contributed by atoms with Crippen molar-refractivity contribution in [3.05, 3.63) is 65.2 Å². The van der Waals surface area contributed by atoms with Gasteiger partial charge < -0.3 is 5.73 Å². The molecule has 0 aliphatic rings. The van der Waals surface area contributed by atoms with Crippen molar-refractivity contribution in [2.24, 2.45) is 5.73 Å². The topological polar surface area (TPSA) is 60.2 Å². The molecule has 0 saturated heterocycles. The molecule has 2 aromatic rings. The van der Waals surface area contributed by atoms with Crippen LogP contribution in [0.25, 0.3) is 0 Å². The van der Waals surface area contributed by atoms with Gasteiger partial charge in [0.1, 0.15) is 16.5 Å². The Kier molecular flexibility index (Phi) is 4.39. The normalized spacial score (nSPS) is 13.1. The Morgan fingerprint density at radius 1 is 1.10 bits per heavy atom. The van der Waals surface area contributed by atoms with E-state index in [0.29, 0.717) is 11.6 Å². The Balaban J connectivity index is 2.28. The van der Waals surface area contributed by atoms with E-state index in [2.05, 4.69) is 0 Å². The molecule has 6 heteroatoms. The summed E-state index contributed by atoms with van der Waals surface area (Å²) in [7, 11) is -4.01. The summed E-state index contributed by atoms with van der Waals surface area (Å²) in [6.45, 7) is 1.90. The van der Waals surface area contributed by atoms with Gasteiger partial charge in [-0.15, -0.1) is 0 Å². The Morgan fingerprint density at radius 2 is 1.71 bits per heavy atom. The van der Waals surface area contributed by atoms with Crippen LogP contribution >= 0.6 is 0 Å². The van der Waals surface area contributed by atoms with E-state index in [1.807, 2.05) is 19.1 Å². The van der Waals surface area contributed by atoms with Crippen LogP contribution in [0.2, 0.25) is 0 Å². The van der Waals surface area contributed by atoms with Crippen LogP contribution in [-0.2, 0) is 9.84 Å². The Labute approximate surface area is 122 Å². The fraction of sp³-hybridized carbons (Fsp3) is 0.200. The minimum Gasteiger partial charge on any atom is -0.323 e. The number of nitrogens with two attached hydrogens (primary N) is 1. The van der Waals surface area contributed by atoms with Gasteiger partial charge in [0.2, 0.25) is 0 Å². The number of hydrogen-bond donors (Lipinski definition) is 1. The van der Waals surface area contributed by atoms with Crippen LogP contribution in [0.4, 0.5) is 8.78 Å². The van der Waals surface area contributed by atoms with Crippen LogP contribution in [0.15, 0.2) is 47.4 Å². The molecule has 112 valence electrons. The van der Waals surface area contributed by atoms with E-state index in [0.717, 1.165) is 17.7 Å². The number of aryl methyl sites for hydroxylation is 1. The highest BCUT2D eigenvalue weighted by Crippen LogP contribution is 2.21. The summed E-state index contributed by atoms with van der Waals surface area (Å²) in [6.07, 6.45) is 0. The maximum absolute atomic E-state index is 13.6. The maximum Gasteiger partial charge on any atom is 0.183 e. The van der Waals surface area contributed by atoms with Gasteiger partial charge >= 0.3 is 0 Å². The SMILES string of the molecule is Cc1ccc(C(N)CS(=O)(=O)c2cc(F)ccc2F)cc1. The van der Waals surface area contributed by atoms with Gasteiger partial charge in [-0.1, -0.05) is 29.8 Å². The largest absolute Gasteiger partial charge is 0.323 e. The van der Waals surface area contributed by atoms with Gasteiger partial charge in [-0.2, -0.15) is 0 Å². The molecule has 21 heavy (non-hydrogen) atoms. The van der Waals surface area contributed by atoms with Crippen molar-refractivity contribution >= 4 is 9.84 Å². The van der Waals surface area contributed by atoms with E-state index in [1.165, 1.54) is 0 Å². The molecule has 0 amide bonds. The lowest BCUT2D eigenvalue weighted by atomic mass is 10.1. The molecule has 0 heterocycles. The van der Waals surface area contributed by atoms with Gasteiger partial charge in [0, 0.05) is 6.04 Å². The maximum atomic E-state index is 13.6. The molecule has 0 spiro atoms. The zero-order valence-corrected chi connectivity index (χ0v) is 12.2. The molecular weight excluding hydrogens is 296 g/mol. The van der Waals surface area contributed by atoms with Crippen LogP contribution in [0.3, 0.4) is 0 Å². The summed E-state index contributed by atoms with van der Waals surface area (Å²) in [4.78, 5) is -0.662. The van der Waals surface area contributed by atoms with E-state index in [1.54, 1.807) is 12.1 Å². The molecule has 2 rings (SSSR count). The molecule has 0 fully saturated rings. The lowest BCUT2D eigenvalue weighted by molar-refractivity contribution is 0.550. The third-order valence-corrected chi connectivity index (χ3v) is 4.91. The van der Waals surface area contributed by atoms with Gasteiger partial charge in [-0.05, 0) is 30.7 Å². The zero-order valence-electron chi connectivity index (χ0n) is 11.4. The quantitative estimate of drug-likeness (QED) is 0.944. The number of rotatable bonds is 4. The average Bonchev–Trinajstić information content (AvgIpc) is 2.41. The lowest BCUT2D eigenvalue weighted by Gasteiger charge is -2.13. The van der Waals surface area contributed by atoms with E-state index < -0.39 is 38.2 Å². The van der Waals surface area contributed by atoms with Gasteiger partial charge in [0.25, 0.3) is 0 Å². The van der Waals surface area contributed by atoms with Crippen LogP contribution in [-0.4, -0.2) is 14.2 Å². The summed E-state index contributed by atoms with van der Waals surface area (Å²) < 4.78 is 51.0. The van der Waals surface area contributed by atoms with Gasteiger partial charge in [0.15, 0.2) is 9.84 Å². The predicted molar refractivity (Wildman–Crippen MR) is 76.5 cm³/mol. The van der Waals surface area contributed by atoms with Crippen molar-refractivity contribution in [3.63, 3.8) is 0 Å². The molecule has 0 aliphatic carbocycles. The second-order valence-corrected chi connectivity index (χ2v) is 6.88. The van der Waals surface area contributed by atoms with E-state index in [9.17, 15) is 17.2 Å². The molecule has 1 unspecified atom stereocenters. The number of sulfone groups is 1. The minimum absolute atomic E-state index is 0.490. The first-order valence-electron chi connectivity index (χ1n) is 6.29. The van der Waals surface area contributed by atoms with Crippen molar-refractivity contribution in [1.82, 2.24) is 0 Å². The van der Waals surface area contributed by atoms with Crippen molar-refractivity contribution in [1.29, 1.82) is 0 Å². The highest BCUT2D eigenvalue weighted by atomic mass is 32.2. The highest BCUT2D eigenvalue weighted by molar-refractivity contribution is 7.91. The summed E-state index contributed by atoms with van der Waals surface area (Å²) in [5.41, 5.74) is 7.51. The van der Waals surface area contributed by atoms with Crippen molar-refractivity contribution < 1.29 is 17.2 Å². The van der Waals surface area contributed by atoms with E-state index in [-0.39, 0.29) is 0 Å². The Morgan fingerprint density at radius 3 is 2.33 bits per heavy atom. The van der Waals surface area contributed by atoms with E-state index in [4.69, 9.17) is 5.73 Å². The summed E-state index contributed by atoms with van der Waals surface area (Å²) in [6, 6.07) is 8.59. The van der Waals surface area contributed by atoms with Gasteiger partial charge in [-0.3, -0.25) is 0 Å². The molecular formula is C15H15F2NO2S. The third kappa shape index (κ3) is 3.65. The smallest absolute Gasteiger partial charge is 0.183 e. The zero-order chi connectivity index (χ0) is 15.6. The van der Waals surface area contributed by atoms with Crippen LogP contribution in [0.5, 0.6) is 0 Å². The molecule has 0 aliphatic heterocycles. The van der Waals surface area contributed by atoms with Crippen LogP contribution in [0, 0.1) is 18.6 Å². The van der Waals surface area contributed by atoms with Crippen molar-refractivity contribution in [2.75, 3.05) is 5.75 Å². The van der Waals surface area contributed by atoms with Gasteiger partial charge in [-0.25, -0.2) is 17.2 Å². The Hall–Kier alpha value is -1.79. The molecule has 2 aromatic carbocycles. The molecule has 0 radical (unpaired) electrons. The molecule has 0 saturated carbocycles. The number of benzene rings is 2. The summed E-state index contributed by atoms with van der Waals surface area (Å²) >= 11 is 0. The Bertz CT molecular complexity index is 743. The predicted octanol–water partition coefficient (Wildman–Crippen LogP) is 2.75. The molecule has 0 aromatic heterocycles. The van der Waals surface area contributed by atoms with Gasteiger partial charge in [0.05, 0.1) is 5.75 Å². The second kappa shape index (κ2) is 5.91. The number of hydrogen-bond acceptors (Lipinski definition) is 3. The first-order chi connectivity index (χ1) is 9.79. The first kappa shape index (κ1) is 15.6. The van der Waals surface area contributed by atoms with Crippen LogP contribution in [0.1, 0.15) is 17.2 Å². The summed E-state index contributed by atoms with van der Waals surface area (Å²) in [5, 5.41) is 0.